The van der Waals surface area contributed by atoms with Crippen molar-refractivity contribution in [2.24, 2.45) is 0 Å². The number of anilines is 1. The molecule has 1 fully saturated rings. The molecule has 13 heteroatoms. The Balaban J connectivity index is 1.78. The number of hydrogen-bond donors (Lipinski definition) is 2. The van der Waals surface area contributed by atoms with E-state index < -0.39 is 45.5 Å². The highest BCUT2D eigenvalue weighted by Gasteiger charge is 2.48. The minimum atomic E-state index is -4.69. The van der Waals surface area contributed by atoms with Crippen molar-refractivity contribution in [1.82, 2.24) is 15.5 Å². The number of amides is 4. The molecule has 1 aliphatic carbocycles. The number of sulfone groups is 1. The molecule has 4 amide bonds. The third kappa shape index (κ3) is 4.80. The molecule has 39 heavy (non-hydrogen) atoms. The number of nitrogens with one attached hydrogen (secondary N) is 2. The second kappa shape index (κ2) is 9.49. The highest BCUT2D eigenvalue weighted by molar-refractivity contribution is 7.90. The van der Waals surface area contributed by atoms with Gasteiger partial charge in [-0.05, 0) is 48.2 Å². The lowest BCUT2D eigenvalue weighted by molar-refractivity contribution is -0.137. The highest BCUT2D eigenvalue weighted by Crippen LogP contribution is 2.46. The summed E-state index contributed by atoms with van der Waals surface area (Å²) in [6.45, 7) is 0.661. The predicted molar refractivity (Wildman–Crippen MR) is 135 cm³/mol. The Bertz CT molecular complexity index is 1530. The second-order valence-electron chi connectivity index (χ2n) is 9.66. The molecule has 2 N–H and O–H groups in total. The summed E-state index contributed by atoms with van der Waals surface area (Å²) in [7, 11) is -2.64. The van der Waals surface area contributed by atoms with Crippen LogP contribution in [0.25, 0.3) is 0 Å². The summed E-state index contributed by atoms with van der Waals surface area (Å²) in [5.74, 6) is -0.424. The number of benzene rings is 2. The van der Waals surface area contributed by atoms with Gasteiger partial charge in [-0.25, -0.2) is 22.9 Å². The number of ketones is 1. The summed E-state index contributed by atoms with van der Waals surface area (Å²) in [4.78, 5) is 42.1. The fraction of sp³-hybridized carbons (Fsp3) is 0.346. The molecule has 2 aliphatic heterocycles. The molecule has 1 unspecified atom stereocenters. The van der Waals surface area contributed by atoms with Gasteiger partial charge in [0.05, 0.1) is 16.1 Å². The summed E-state index contributed by atoms with van der Waals surface area (Å²) < 4.78 is 66.4. The molecule has 0 radical (unpaired) electrons. The number of carbonyl (C=O) groups is 3. The van der Waals surface area contributed by atoms with E-state index in [0.29, 0.717) is 23.4 Å². The molecule has 3 aliphatic rings. The summed E-state index contributed by atoms with van der Waals surface area (Å²) in [6.07, 6.45) is -3.13. The average Bonchev–Trinajstić information content (AvgIpc) is 3.72. The lowest BCUT2D eigenvalue weighted by Gasteiger charge is -2.44. The lowest BCUT2D eigenvalue weighted by Crippen LogP contribution is -2.56. The first kappa shape index (κ1) is 26.9. The van der Waals surface area contributed by atoms with Crippen molar-refractivity contribution in [3.8, 4) is 0 Å². The van der Waals surface area contributed by atoms with E-state index in [-0.39, 0.29) is 46.3 Å². The molecule has 9 nitrogen and oxygen atoms in total. The zero-order valence-corrected chi connectivity index (χ0v) is 21.8. The van der Waals surface area contributed by atoms with Crippen molar-refractivity contribution in [1.29, 1.82) is 0 Å². The molecule has 2 aromatic carbocycles. The molecule has 5 rings (SSSR count). The summed E-state index contributed by atoms with van der Waals surface area (Å²) in [6, 6.07) is 5.32. The second-order valence-corrected chi connectivity index (χ2v) is 11.6. The van der Waals surface area contributed by atoms with E-state index in [4.69, 9.17) is 0 Å². The zero-order valence-electron chi connectivity index (χ0n) is 21.0. The van der Waals surface area contributed by atoms with E-state index >= 15 is 0 Å². The Morgan fingerprint density at radius 2 is 1.82 bits per heavy atom. The number of halogens is 3. The third-order valence-corrected chi connectivity index (χ3v) is 8.19. The number of carbonyl (C=O) groups excluding carboxylic acids is 3. The molecule has 2 atom stereocenters. The molecule has 206 valence electrons. The molecule has 2 heterocycles. The van der Waals surface area contributed by atoms with Crippen LogP contribution in [0.15, 0.2) is 58.6 Å². The number of urea groups is 2. The minimum absolute atomic E-state index is 0.00376. The molecular weight excluding hydrogens is 537 g/mol. The van der Waals surface area contributed by atoms with Gasteiger partial charge in [-0.15, -0.1) is 0 Å². The monoisotopic (exact) mass is 562 g/mol. The van der Waals surface area contributed by atoms with E-state index in [9.17, 15) is 36.0 Å². The van der Waals surface area contributed by atoms with Gasteiger partial charge in [-0.2, -0.15) is 13.2 Å². The van der Waals surface area contributed by atoms with Crippen molar-refractivity contribution in [2.45, 2.75) is 42.4 Å². The lowest BCUT2D eigenvalue weighted by atomic mass is 9.83. The van der Waals surface area contributed by atoms with Crippen LogP contribution in [0.1, 0.15) is 48.0 Å². The summed E-state index contributed by atoms with van der Waals surface area (Å²) in [5, 5.41) is 5.44. The van der Waals surface area contributed by atoms with Gasteiger partial charge < -0.3 is 10.6 Å². The maximum Gasteiger partial charge on any atom is 0.416 e. The quantitative estimate of drug-likeness (QED) is 0.541. The van der Waals surface area contributed by atoms with Crippen molar-refractivity contribution in [2.75, 3.05) is 24.7 Å². The van der Waals surface area contributed by atoms with Crippen LogP contribution in [0.3, 0.4) is 0 Å². The van der Waals surface area contributed by atoms with Gasteiger partial charge in [-0.3, -0.25) is 9.69 Å². The Labute approximate surface area is 222 Å². The average molecular weight is 563 g/mol. The van der Waals surface area contributed by atoms with E-state index in [2.05, 4.69) is 10.6 Å². The van der Waals surface area contributed by atoms with Gasteiger partial charge >= 0.3 is 18.2 Å². The number of allylic oxidation sites excluding steroid dienone is 1. The number of rotatable bonds is 4. The molecular formula is C26H25F3N4O5S. The van der Waals surface area contributed by atoms with Gasteiger partial charge in [0.2, 0.25) is 0 Å². The standard InChI is InChI=1S/C26H25F3N4O5S/c1-30-24(35)33-23(17-10-9-14(18-13-31-18)11-21(17)39(2,37)38)22-19(7-4-8-20(22)34)32(25(33)36)16-6-3-5-15(12-16)26(27,28)29/h3,5-6,9-12,18,23,31H,4,7-8,13H2,1-2H3,(H,30,35)/t18?,23-/m0/s1. The van der Waals surface area contributed by atoms with Crippen LogP contribution in [0.4, 0.5) is 28.4 Å². The Morgan fingerprint density at radius 1 is 1.10 bits per heavy atom. The Kier molecular flexibility index (Phi) is 6.54. The number of imide groups is 1. The summed E-state index contributed by atoms with van der Waals surface area (Å²) >= 11 is 0. The highest BCUT2D eigenvalue weighted by atomic mass is 32.2. The molecule has 2 aromatic rings. The van der Waals surface area contributed by atoms with Crippen LogP contribution >= 0.6 is 0 Å². The van der Waals surface area contributed by atoms with Crippen LogP contribution in [0, 0.1) is 0 Å². The molecule has 1 saturated heterocycles. The SMILES string of the molecule is CNC(=O)N1C(=O)N(c2cccc(C(F)(F)F)c2)C2=C(C(=O)CCC2)[C@@H]1c1ccc(C2CN2)cc1S(C)(=O)=O. The normalized spacial score (nSPS) is 21.7. The van der Waals surface area contributed by atoms with Gasteiger partial charge in [0.15, 0.2) is 15.6 Å². The maximum absolute atomic E-state index is 14.0. The third-order valence-electron chi connectivity index (χ3n) is 7.03. The van der Waals surface area contributed by atoms with Gasteiger partial charge in [0.25, 0.3) is 0 Å². The first-order chi connectivity index (χ1) is 18.3. The Hall–Kier alpha value is -3.71. The Morgan fingerprint density at radius 3 is 2.44 bits per heavy atom. The maximum atomic E-state index is 14.0. The van der Waals surface area contributed by atoms with Crippen LogP contribution in [0.5, 0.6) is 0 Å². The number of alkyl halides is 3. The number of nitrogens with zero attached hydrogens (tertiary/aromatic N) is 2. The van der Waals surface area contributed by atoms with Crippen molar-refractivity contribution in [3.05, 3.63) is 70.4 Å². The molecule has 0 aromatic heterocycles. The molecule has 0 spiro atoms. The first-order valence-electron chi connectivity index (χ1n) is 12.2. The van der Waals surface area contributed by atoms with Crippen LogP contribution in [0.2, 0.25) is 0 Å². The van der Waals surface area contributed by atoms with Crippen molar-refractivity contribution in [3.63, 3.8) is 0 Å². The zero-order chi connectivity index (χ0) is 28.3. The largest absolute Gasteiger partial charge is 0.416 e. The van der Waals surface area contributed by atoms with E-state index in [1.165, 1.54) is 25.2 Å². The number of hydrogen-bond acceptors (Lipinski definition) is 6. The van der Waals surface area contributed by atoms with Gasteiger partial charge in [0, 0.05) is 43.6 Å². The molecule has 0 bridgehead atoms. The van der Waals surface area contributed by atoms with Gasteiger partial charge in [-0.1, -0.05) is 18.2 Å². The predicted octanol–water partition coefficient (Wildman–Crippen LogP) is 4.08. The first-order valence-corrected chi connectivity index (χ1v) is 14.1. The minimum Gasteiger partial charge on any atom is -0.341 e. The van der Waals surface area contributed by atoms with E-state index in [1.54, 1.807) is 6.07 Å². The van der Waals surface area contributed by atoms with Crippen molar-refractivity contribution >= 4 is 33.4 Å². The van der Waals surface area contributed by atoms with Crippen LogP contribution in [-0.2, 0) is 20.8 Å². The van der Waals surface area contributed by atoms with E-state index in [0.717, 1.165) is 29.4 Å². The summed E-state index contributed by atoms with van der Waals surface area (Å²) in [5.41, 5.74) is -0.262. The van der Waals surface area contributed by atoms with Crippen molar-refractivity contribution < 1.29 is 36.0 Å². The van der Waals surface area contributed by atoms with Gasteiger partial charge in [0.1, 0.15) is 6.04 Å². The van der Waals surface area contributed by atoms with E-state index in [1.807, 2.05) is 0 Å². The van der Waals surface area contributed by atoms with Crippen LogP contribution < -0.4 is 15.5 Å². The topological polar surface area (TPSA) is 126 Å². The smallest absolute Gasteiger partial charge is 0.341 e. The molecule has 0 saturated carbocycles. The fourth-order valence-corrected chi connectivity index (χ4v) is 6.13. The number of Topliss-reactive ketones (excluding diaryl/α,β-unsaturated/α-hetero) is 1. The fourth-order valence-electron chi connectivity index (χ4n) is 5.17. The van der Waals surface area contributed by atoms with Crippen LogP contribution in [-0.4, -0.2) is 51.0 Å².